The summed E-state index contributed by atoms with van der Waals surface area (Å²) < 4.78 is 44.9. The molecule has 6 nitrogen and oxygen atoms in total. The van der Waals surface area contributed by atoms with Crippen LogP contribution >= 0.6 is 11.3 Å². The lowest BCUT2D eigenvalue weighted by molar-refractivity contribution is 0.104. The fourth-order valence-corrected chi connectivity index (χ4v) is 4.63. The number of benzene rings is 2. The van der Waals surface area contributed by atoms with Crippen LogP contribution in [0.5, 0.6) is 17.4 Å². The van der Waals surface area contributed by atoms with Gasteiger partial charge >= 0.3 is 0 Å². The third-order valence-corrected chi connectivity index (χ3v) is 5.94. The summed E-state index contributed by atoms with van der Waals surface area (Å²) in [5.41, 5.74) is 2.99. The molecule has 1 atom stereocenters. The predicted octanol–water partition coefficient (Wildman–Crippen LogP) is 5.32. The van der Waals surface area contributed by atoms with E-state index in [-0.39, 0.29) is 17.2 Å². The molecule has 0 fully saturated rings. The number of methoxy groups -OCH3 is 1. The topological polar surface area (TPSA) is 66.4 Å². The van der Waals surface area contributed by atoms with Gasteiger partial charge in [-0.2, -0.15) is 0 Å². The third kappa shape index (κ3) is 3.00. The predicted molar refractivity (Wildman–Crippen MR) is 110 cm³/mol. The lowest BCUT2D eigenvalue weighted by atomic mass is 10.1. The number of halogens is 2. The van der Waals surface area contributed by atoms with Gasteiger partial charge in [0.2, 0.25) is 5.88 Å². The van der Waals surface area contributed by atoms with Crippen molar-refractivity contribution in [2.24, 2.45) is 0 Å². The number of nitrogens with zero attached hydrogens (tertiary/aromatic N) is 3. The third-order valence-electron chi connectivity index (χ3n) is 4.85. The molecule has 30 heavy (non-hydrogen) atoms. The van der Waals surface area contributed by atoms with Crippen LogP contribution in [0.2, 0.25) is 0 Å². The number of aryl methyl sites for hydroxylation is 1. The zero-order valence-corrected chi connectivity index (χ0v) is 17.2. The first-order valence-corrected chi connectivity index (χ1v) is 10.1. The Labute approximate surface area is 174 Å². The van der Waals surface area contributed by atoms with Crippen LogP contribution in [0.25, 0.3) is 31.8 Å². The van der Waals surface area contributed by atoms with Crippen LogP contribution in [0, 0.1) is 6.92 Å². The van der Waals surface area contributed by atoms with Crippen LogP contribution in [0.1, 0.15) is 24.5 Å². The second-order valence-electron chi connectivity index (χ2n) is 7.12. The Kier molecular flexibility index (Phi) is 4.43. The molecule has 0 saturated heterocycles. The van der Waals surface area contributed by atoms with Gasteiger partial charge in [0, 0.05) is 11.1 Å². The standard InChI is InChI=1S/C21H17F2N3O3S/c1-9-4-12(16-13(5-9)25-15(27-3)7-24-16)21-26-17-11(20(22)23)6-14-18(19(17)30-21)28-8-10(2)29-14/h4-7,10,20H,8H2,1-3H3. The Morgan fingerprint density at radius 1 is 1.20 bits per heavy atom. The van der Waals surface area contributed by atoms with Crippen LogP contribution in [-0.2, 0) is 0 Å². The van der Waals surface area contributed by atoms with Crippen molar-refractivity contribution in [1.29, 1.82) is 0 Å². The summed E-state index contributed by atoms with van der Waals surface area (Å²) in [7, 11) is 1.53. The molecule has 1 aliphatic rings. The van der Waals surface area contributed by atoms with Gasteiger partial charge in [-0.3, -0.25) is 0 Å². The van der Waals surface area contributed by atoms with Crippen LogP contribution in [0.4, 0.5) is 8.78 Å². The fraction of sp³-hybridized carbons (Fsp3) is 0.286. The van der Waals surface area contributed by atoms with E-state index in [9.17, 15) is 8.78 Å². The van der Waals surface area contributed by atoms with E-state index in [0.717, 1.165) is 11.1 Å². The van der Waals surface area contributed by atoms with E-state index < -0.39 is 6.43 Å². The van der Waals surface area contributed by atoms with Gasteiger partial charge in [0.25, 0.3) is 6.43 Å². The first kappa shape index (κ1) is 18.9. The van der Waals surface area contributed by atoms with E-state index in [2.05, 4.69) is 15.0 Å². The van der Waals surface area contributed by atoms with Crippen molar-refractivity contribution in [2.45, 2.75) is 26.4 Å². The molecule has 0 N–H and O–H groups in total. The summed E-state index contributed by atoms with van der Waals surface area (Å²) in [5, 5.41) is 0.565. The molecule has 5 rings (SSSR count). The maximum atomic E-state index is 13.8. The van der Waals surface area contributed by atoms with E-state index in [0.29, 0.717) is 44.7 Å². The highest BCUT2D eigenvalue weighted by Crippen LogP contribution is 2.47. The van der Waals surface area contributed by atoms with Crippen molar-refractivity contribution >= 4 is 32.6 Å². The minimum atomic E-state index is -2.69. The monoisotopic (exact) mass is 429 g/mol. The van der Waals surface area contributed by atoms with Gasteiger partial charge in [0.05, 0.1) is 29.9 Å². The van der Waals surface area contributed by atoms with E-state index in [1.807, 2.05) is 26.0 Å². The molecular weight excluding hydrogens is 412 g/mol. The molecular formula is C21H17F2N3O3S. The number of rotatable bonds is 3. The van der Waals surface area contributed by atoms with E-state index in [1.54, 1.807) is 0 Å². The molecule has 2 aromatic heterocycles. The minimum Gasteiger partial charge on any atom is -0.484 e. The molecule has 0 bridgehead atoms. The van der Waals surface area contributed by atoms with Crippen molar-refractivity contribution < 1.29 is 23.0 Å². The molecule has 154 valence electrons. The van der Waals surface area contributed by atoms with Gasteiger partial charge in [-0.05, 0) is 37.6 Å². The zero-order valence-electron chi connectivity index (χ0n) is 16.4. The second kappa shape index (κ2) is 7.02. The van der Waals surface area contributed by atoms with Crippen molar-refractivity contribution in [3.05, 3.63) is 35.5 Å². The quantitative estimate of drug-likeness (QED) is 0.439. The number of alkyl halides is 2. The maximum absolute atomic E-state index is 13.8. The van der Waals surface area contributed by atoms with Crippen molar-refractivity contribution in [3.8, 4) is 28.0 Å². The highest BCUT2D eigenvalue weighted by Gasteiger charge is 2.28. The smallest absolute Gasteiger partial charge is 0.266 e. The summed E-state index contributed by atoms with van der Waals surface area (Å²) in [5.74, 6) is 1.18. The van der Waals surface area contributed by atoms with Gasteiger partial charge in [-0.25, -0.2) is 23.7 Å². The Bertz CT molecular complexity index is 1290. The summed E-state index contributed by atoms with van der Waals surface area (Å²) in [6.45, 7) is 4.11. The highest BCUT2D eigenvalue weighted by molar-refractivity contribution is 7.22. The van der Waals surface area contributed by atoms with E-state index >= 15 is 0 Å². The average molecular weight is 429 g/mol. The molecule has 9 heteroatoms. The van der Waals surface area contributed by atoms with Gasteiger partial charge in [-0.1, -0.05) is 0 Å². The van der Waals surface area contributed by atoms with E-state index in [1.165, 1.54) is 30.7 Å². The molecule has 0 aliphatic carbocycles. The van der Waals surface area contributed by atoms with Crippen LogP contribution in [0.3, 0.4) is 0 Å². The molecule has 0 amide bonds. The van der Waals surface area contributed by atoms with Crippen LogP contribution < -0.4 is 14.2 Å². The van der Waals surface area contributed by atoms with Crippen LogP contribution in [-0.4, -0.2) is 34.8 Å². The van der Waals surface area contributed by atoms with Gasteiger partial charge in [0.15, 0.2) is 11.5 Å². The SMILES string of the molecule is COc1cnc2c(-c3nc4c(C(F)F)cc5c(c4s3)OCC(C)O5)cc(C)cc2n1. The number of fused-ring (bicyclic) bond motifs is 4. The van der Waals surface area contributed by atoms with Crippen molar-refractivity contribution in [2.75, 3.05) is 13.7 Å². The van der Waals surface area contributed by atoms with Gasteiger partial charge in [-0.15, -0.1) is 11.3 Å². The minimum absolute atomic E-state index is 0.173. The summed E-state index contributed by atoms with van der Waals surface area (Å²) in [6.07, 6.45) is -1.37. The highest BCUT2D eigenvalue weighted by atomic mass is 32.1. The maximum Gasteiger partial charge on any atom is 0.266 e. The molecule has 1 unspecified atom stereocenters. The summed E-state index contributed by atoms with van der Waals surface area (Å²) in [6, 6.07) is 5.15. The molecule has 2 aromatic carbocycles. The second-order valence-corrected chi connectivity index (χ2v) is 8.12. The molecule has 4 aromatic rings. The first-order chi connectivity index (χ1) is 14.4. The number of hydrogen-bond acceptors (Lipinski definition) is 7. The average Bonchev–Trinajstić information content (AvgIpc) is 3.16. The Morgan fingerprint density at radius 3 is 2.80 bits per heavy atom. The number of ether oxygens (including phenoxy) is 3. The molecule has 3 heterocycles. The fourth-order valence-electron chi connectivity index (χ4n) is 3.52. The largest absolute Gasteiger partial charge is 0.484 e. The Balaban J connectivity index is 1.78. The number of aromatic nitrogens is 3. The molecule has 1 aliphatic heterocycles. The molecule has 0 radical (unpaired) electrons. The summed E-state index contributed by atoms with van der Waals surface area (Å²) >= 11 is 1.28. The number of thiazole rings is 1. The Hall–Kier alpha value is -3.07. The van der Waals surface area contributed by atoms with E-state index in [4.69, 9.17) is 14.2 Å². The molecule has 0 saturated carbocycles. The summed E-state index contributed by atoms with van der Waals surface area (Å²) in [4.78, 5) is 13.5. The first-order valence-electron chi connectivity index (χ1n) is 9.31. The molecule has 0 spiro atoms. The van der Waals surface area contributed by atoms with Crippen molar-refractivity contribution in [1.82, 2.24) is 15.0 Å². The normalized spacial score (nSPS) is 15.9. The Morgan fingerprint density at radius 2 is 2.03 bits per heavy atom. The van der Waals surface area contributed by atoms with Crippen LogP contribution in [0.15, 0.2) is 24.4 Å². The zero-order chi connectivity index (χ0) is 21.0. The van der Waals surface area contributed by atoms with Gasteiger partial charge < -0.3 is 14.2 Å². The lowest BCUT2D eigenvalue weighted by Gasteiger charge is -2.24. The van der Waals surface area contributed by atoms with Gasteiger partial charge in [0.1, 0.15) is 22.4 Å². The number of hydrogen-bond donors (Lipinski definition) is 0. The van der Waals surface area contributed by atoms with Crippen molar-refractivity contribution in [3.63, 3.8) is 0 Å². The lowest BCUT2D eigenvalue weighted by Crippen LogP contribution is -2.25.